The first-order valence-electron chi connectivity index (χ1n) is 7.99. The standard InChI is InChI=1S/C16H28N4O/c1-5-12(2)20-9-7-14(18-20)10-13-6-8-17-15(11-13)16(21)19(3)4/h7,9,12-13,15,17H,5-6,8,10-11H2,1-4H3. The maximum Gasteiger partial charge on any atom is 0.239 e. The number of rotatable bonds is 5. The predicted octanol–water partition coefficient (Wildman–Crippen LogP) is 1.85. The molecule has 1 aliphatic heterocycles. The highest BCUT2D eigenvalue weighted by Crippen LogP contribution is 2.22. The summed E-state index contributed by atoms with van der Waals surface area (Å²) in [6, 6.07) is 2.54. The van der Waals surface area contributed by atoms with E-state index in [9.17, 15) is 4.79 Å². The van der Waals surface area contributed by atoms with E-state index in [1.54, 1.807) is 4.90 Å². The molecule has 3 unspecified atom stereocenters. The van der Waals surface area contributed by atoms with Gasteiger partial charge in [-0.05, 0) is 51.1 Å². The first-order valence-corrected chi connectivity index (χ1v) is 7.99. The van der Waals surface area contributed by atoms with Crippen molar-refractivity contribution in [1.29, 1.82) is 0 Å². The van der Waals surface area contributed by atoms with Gasteiger partial charge in [0.15, 0.2) is 0 Å². The van der Waals surface area contributed by atoms with Crippen molar-refractivity contribution in [2.45, 2.75) is 51.6 Å². The summed E-state index contributed by atoms with van der Waals surface area (Å²) in [5, 5.41) is 8.01. The number of hydrogen-bond acceptors (Lipinski definition) is 3. The first kappa shape index (κ1) is 16.0. The molecule has 5 heteroatoms. The summed E-state index contributed by atoms with van der Waals surface area (Å²) in [5.74, 6) is 0.727. The summed E-state index contributed by atoms with van der Waals surface area (Å²) >= 11 is 0. The van der Waals surface area contributed by atoms with Crippen LogP contribution < -0.4 is 5.32 Å². The van der Waals surface area contributed by atoms with Crippen LogP contribution in [-0.4, -0.2) is 47.3 Å². The second kappa shape index (κ2) is 7.07. The Morgan fingerprint density at radius 2 is 2.33 bits per heavy atom. The molecule has 0 aromatic carbocycles. The van der Waals surface area contributed by atoms with Gasteiger partial charge in [-0.25, -0.2) is 0 Å². The van der Waals surface area contributed by atoms with Gasteiger partial charge in [-0.15, -0.1) is 0 Å². The number of carbonyl (C=O) groups excluding carboxylic acids is 1. The van der Waals surface area contributed by atoms with E-state index in [-0.39, 0.29) is 11.9 Å². The van der Waals surface area contributed by atoms with Gasteiger partial charge in [0, 0.05) is 26.3 Å². The van der Waals surface area contributed by atoms with Crippen LogP contribution in [0.25, 0.3) is 0 Å². The van der Waals surface area contributed by atoms with Gasteiger partial charge in [-0.2, -0.15) is 5.10 Å². The fraction of sp³-hybridized carbons (Fsp3) is 0.750. The van der Waals surface area contributed by atoms with Crippen LogP contribution in [0.15, 0.2) is 12.3 Å². The summed E-state index contributed by atoms with van der Waals surface area (Å²) in [5.41, 5.74) is 1.15. The van der Waals surface area contributed by atoms with E-state index in [4.69, 9.17) is 0 Å². The summed E-state index contributed by atoms with van der Waals surface area (Å²) in [6.45, 7) is 5.28. The highest BCUT2D eigenvalue weighted by atomic mass is 16.2. The third kappa shape index (κ3) is 4.06. The van der Waals surface area contributed by atoms with Gasteiger partial charge in [-0.3, -0.25) is 9.48 Å². The maximum absolute atomic E-state index is 12.1. The Hall–Kier alpha value is -1.36. The summed E-state index contributed by atoms with van der Waals surface area (Å²) < 4.78 is 2.05. The van der Waals surface area contributed by atoms with Gasteiger partial charge in [0.25, 0.3) is 0 Å². The predicted molar refractivity (Wildman–Crippen MR) is 84.1 cm³/mol. The quantitative estimate of drug-likeness (QED) is 0.901. The monoisotopic (exact) mass is 292 g/mol. The molecule has 1 aliphatic rings. The van der Waals surface area contributed by atoms with Crippen molar-refractivity contribution in [2.75, 3.05) is 20.6 Å². The van der Waals surface area contributed by atoms with Gasteiger partial charge in [-0.1, -0.05) is 6.92 Å². The Morgan fingerprint density at radius 3 is 3.00 bits per heavy atom. The Bertz CT molecular complexity index is 469. The minimum Gasteiger partial charge on any atom is -0.347 e. The van der Waals surface area contributed by atoms with Gasteiger partial charge in [0.1, 0.15) is 0 Å². The van der Waals surface area contributed by atoms with Crippen molar-refractivity contribution >= 4 is 5.91 Å². The molecule has 2 heterocycles. The lowest BCUT2D eigenvalue weighted by molar-refractivity contribution is -0.131. The topological polar surface area (TPSA) is 50.2 Å². The minimum absolute atomic E-state index is 0.0320. The van der Waals surface area contributed by atoms with Crippen LogP contribution in [0.5, 0.6) is 0 Å². The molecule has 1 fully saturated rings. The molecule has 5 nitrogen and oxygen atoms in total. The Labute approximate surface area is 127 Å². The Balaban J connectivity index is 1.93. The Kier molecular flexibility index (Phi) is 5.39. The molecule has 1 saturated heterocycles. The first-order chi connectivity index (χ1) is 10.0. The highest BCUT2D eigenvalue weighted by molar-refractivity contribution is 5.81. The fourth-order valence-corrected chi connectivity index (χ4v) is 2.90. The van der Waals surface area contributed by atoms with Crippen LogP contribution >= 0.6 is 0 Å². The Morgan fingerprint density at radius 1 is 1.57 bits per heavy atom. The molecule has 2 rings (SSSR count). The molecule has 3 atom stereocenters. The van der Waals surface area contributed by atoms with E-state index in [1.165, 1.54) is 0 Å². The summed E-state index contributed by atoms with van der Waals surface area (Å²) in [6.07, 6.45) is 6.17. The SMILES string of the molecule is CCC(C)n1ccc(CC2CCNC(C(=O)N(C)C)C2)n1. The van der Waals surface area contributed by atoms with Crippen molar-refractivity contribution in [1.82, 2.24) is 20.0 Å². The van der Waals surface area contributed by atoms with Crippen LogP contribution in [-0.2, 0) is 11.2 Å². The molecule has 0 spiro atoms. The lowest BCUT2D eigenvalue weighted by Gasteiger charge is -2.30. The lowest BCUT2D eigenvalue weighted by atomic mass is 9.88. The minimum atomic E-state index is -0.0320. The zero-order valence-corrected chi connectivity index (χ0v) is 13.7. The number of hydrogen-bond donors (Lipinski definition) is 1. The van der Waals surface area contributed by atoms with E-state index in [1.807, 2.05) is 14.1 Å². The number of nitrogens with zero attached hydrogens (tertiary/aromatic N) is 3. The zero-order valence-electron chi connectivity index (χ0n) is 13.7. The molecular weight excluding hydrogens is 264 g/mol. The largest absolute Gasteiger partial charge is 0.347 e. The molecule has 118 valence electrons. The van der Waals surface area contributed by atoms with Gasteiger partial charge < -0.3 is 10.2 Å². The van der Waals surface area contributed by atoms with Crippen molar-refractivity contribution in [3.63, 3.8) is 0 Å². The molecule has 1 aromatic heterocycles. The van der Waals surface area contributed by atoms with E-state index in [2.05, 4.69) is 41.2 Å². The number of amides is 1. The molecule has 0 aliphatic carbocycles. The van der Waals surface area contributed by atoms with Gasteiger partial charge in [0.05, 0.1) is 11.7 Å². The maximum atomic E-state index is 12.1. The van der Waals surface area contributed by atoms with Crippen LogP contribution in [0.1, 0.15) is 44.8 Å². The van der Waals surface area contributed by atoms with Crippen LogP contribution in [0.4, 0.5) is 0 Å². The number of likely N-dealkylation sites (N-methyl/N-ethyl adjacent to an activating group) is 1. The van der Waals surface area contributed by atoms with E-state index < -0.39 is 0 Å². The van der Waals surface area contributed by atoms with Crippen LogP contribution in [0.3, 0.4) is 0 Å². The molecular formula is C16H28N4O. The van der Waals surface area contributed by atoms with Gasteiger partial charge >= 0.3 is 0 Å². The number of nitrogens with one attached hydrogen (secondary N) is 1. The lowest BCUT2D eigenvalue weighted by Crippen LogP contribution is -2.48. The van der Waals surface area contributed by atoms with Crippen molar-refractivity contribution in [3.05, 3.63) is 18.0 Å². The van der Waals surface area contributed by atoms with Gasteiger partial charge in [0.2, 0.25) is 5.91 Å². The second-order valence-electron chi connectivity index (χ2n) is 6.38. The highest BCUT2D eigenvalue weighted by Gasteiger charge is 2.28. The smallest absolute Gasteiger partial charge is 0.239 e. The average Bonchev–Trinajstić information content (AvgIpc) is 2.94. The molecule has 0 radical (unpaired) electrons. The fourth-order valence-electron chi connectivity index (χ4n) is 2.90. The number of aromatic nitrogens is 2. The van der Waals surface area contributed by atoms with Crippen molar-refractivity contribution in [2.24, 2.45) is 5.92 Å². The normalized spacial score (nSPS) is 23.8. The van der Waals surface area contributed by atoms with Crippen molar-refractivity contribution < 1.29 is 4.79 Å². The molecule has 21 heavy (non-hydrogen) atoms. The third-order valence-corrected chi connectivity index (χ3v) is 4.46. The van der Waals surface area contributed by atoms with Crippen LogP contribution in [0, 0.1) is 5.92 Å². The van der Waals surface area contributed by atoms with E-state index >= 15 is 0 Å². The average molecular weight is 292 g/mol. The molecule has 1 N–H and O–H groups in total. The molecule has 0 bridgehead atoms. The van der Waals surface area contributed by atoms with E-state index in [0.29, 0.717) is 12.0 Å². The third-order valence-electron chi connectivity index (χ3n) is 4.46. The second-order valence-corrected chi connectivity index (χ2v) is 6.38. The number of carbonyl (C=O) groups is 1. The summed E-state index contributed by atoms with van der Waals surface area (Å²) in [7, 11) is 3.64. The zero-order chi connectivity index (χ0) is 15.4. The van der Waals surface area contributed by atoms with E-state index in [0.717, 1.165) is 37.9 Å². The summed E-state index contributed by atoms with van der Waals surface area (Å²) in [4.78, 5) is 13.8. The van der Waals surface area contributed by atoms with Crippen molar-refractivity contribution in [3.8, 4) is 0 Å². The van der Waals surface area contributed by atoms with Crippen LogP contribution in [0.2, 0.25) is 0 Å². The molecule has 1 aromatic rings. The molecule has 0 saturated carbocycles. The number of piperidine rings is 1. The molecule has 1 amide bonds.